The van der Waals surface area contributed by atoms with E-state index >= 15 is 0 Å². The van der Waals surface area contributed by atoms with Crippen LogP contribution in [0.5, 0.6) is 11.5 Å². The number of phenols is 2. The minimum Gasteiger partial charge on any atom is -0.870 e. The van der Waals surface area contributed by atoms with Crippen LogP contribution in [-0.2, 0) is 4.74 Å². The van der Waals surface area contributed by atoms with Gasteiger partial charge in [-0.05, 0) is 157 Å². The van der Waals surface area contributed by atoms with Crippen molar-refractivity contribution < 1.29 is 97.7 Å². The number of halogens is 9. The standard InChI is InChI=1S/C15H9Cl2NO3.C14H9Cl2NO4.C14H7Cl2NO3.C7H3Cl3O.C7H7NO3.Li.2H2O/c1-20-15(19)8-2-3-12-13(6-8)21-14(18-12)9-4-10(16)7-11(17)5-9;15-9-3-8(4-10(16)6-9)13(19)17-11-2-1-7(14(20)21)5-12(11)18;15-9-3-8(4-10(16)6-9)13-17-11-2-1-7(14(18)19)5-12(11)20-13;8-5-1-4(7(10)11)2-6(9)3-5;8-5-2-1-4(7(10)11)3-6(5)9;;;/h2-7H,1H3;1-6,18H,(H,17,19)(H,20,21);1-6H,(H,18,19);1-3H;1-3,9H,8H2,(H,10,11);;2*1H2/q;;;;;+1;;/p-1. The number of methoxy groups -OCH3 is 1. The summed E-state index contributed by atoms with van der Waals surface area (Å²) in [5, 5.41) is 50.1. The molecule has 0 atom stereocenters. The third-order valence-electron chi connectivity index (χ3n) is 10.6. The molecule has 0 bridgehead atoms. The molecule has 10 rings (SSSR count). The number of hydrogen-bond donors (Lipinski definition) is 7. The zero-order chi connectivity index (χ0) is 61.7. The van der Waals surface area contributed by atoms with Gasteiger partial charge in [0.2, 0.25) is 11.8 Å². The van der Waals surface area contributed by atoms with Crippen molar-refractivity contribution in [1.29, 1.82) is 0 Å². The molecule has 0 aliphatic rings. The number of oxazole rings is 2. The number of fused-ring (bicyclic) bond motifs is 2. The number of ether oxygens (including phenoxy) is 1. The number of rotatable bonds is 9. The summed E-state index contributed by atoms with van der Waals surface area (Å²) in [6, 6.07) is 35.6. The molecule has 2 heterocycles. The van der Waals surface area contributed by atoms with Crippen molar-refractivity contribution in [2.24, 2.45) is 0 Å². The van der Waals surface area contributed by atoms with Gasteiger partial charge in [0.25, 0.3) is 11.1 Å². The molecule has 11 N–H and O–H groups in total. The molecule has 0 saturated carbocycles. The van der Waals surface area contributed by atoms with Crippen molar-refractivity contribution in [2.45, 2.75) is 0 Å². The molecule has 0 unspecified atom stereocenters. The number of esters is 1. The minimum absolute atomic E-state index is 0. The summed E-state index contributed by atoms with van der Waals surface area (Å²) in [6.07, 6.45) is 0. The van der Waals surface area contributed by atoms with E-state index in [1.165, 1.54) is 79.9 Å². The normalized spacial score (nSPS) is 10.0. The van der Waals surface area contributed by atoms with Crippen LogP contribution in [0, 0.1) is 0 Å². The molecule has 1 amide bonds. The SMILES string of the molecule is COC(=O)c1ccc2nc(-c3cc(Cl)cc(Cl)c3)oc2c1.Nc1ccc(C(=O)O)cc1O.O.O=C(Cl)c1cc(Cl)cc(Cl)c1.O=C(O)c1ccc(NC(=O)c2cc(Cl)cc(Cl)c2)c(O)c1.O=C(O)c1ccc2nc(-c3cc(Cl)cc(Cl)c3)oc2c1.[Li+].[OH-]. The van der Waals surface area contributed by atoms with Gasteiger partial charge >= 0.3 is 42.7 Å². The molecule has 0 aliphatic carbocycles. The fraction of sp³-hybridized carbons (Fsp3) is 0.0175. The molecule has 0 saturated heterocycles. The summed E-state index contributed by atoms with van der Waals surface area (Å²) in [5.41, 5.74) is 9.91. The summed E-state index contributed by atoms with van der Waals surface area (Å²) in [6.45, 7) is 0. The maximum Gasteiger partial charge on any atom is 1.00 e. The van der Waals surface area contributed by atoms with Crippen LogP contribution >= 0.6 is 104 Å². The van der Waals surface area contributed by atoms with Crippen LogP contribution in [0.3, 0.4) is 0 Å². The van der Waals surface area contributed by atoms with E-state index in [1.54, 1.807) is 60.7 Å². The van der Waals surface area contributed by atoms with Gasteiger partial charge in [-0.25, -0.2) is 29.1 Å². The topological polar surface area (TPSA) is 364 Å². The predicted octanol–water partition coefficient (Wildman–Crippen LogP) is 12.8. The quantitative estimate of drug-likeness (QED) is 0.0232. The molecule has 87 heavy (non-hydrogen) atoms. The van der Waals surface area contributed by atoms with Crippen LogP contribution in [0.1, 0.15) is 62.1 Å². The number of nitrogens with two attached hydrogens (primary N) is 1. The maximum absolute atomic E-state index is 12.0. The van der Waals surface area contributed by atoms with E-state index in [-0.39, 0.29) is 74.9 Å². The Balaban J connectivity index is 0.000000289. The third-order valence-corrected chi connectivity index (χ3v) is 12.6. The molecule has 446 valence electrons. The Morgan fingerprint density at radius 3 is 1.20 bits per heavy atom. The number of phenolic OH excluding ortho intramolecular Hbond substituents is 2. The average Bonchev–Trinajstić information content (AvgIpc) is 1.96. The summed E-state index contributed by atoms with van der Waals surface area (Å²) < 4.78 is 15.9. The maximum atomic E-state index is 12.0. The van der Waals surface area contributed by atoms with Crippen LogP contribution in [0.25, 0.3) is 45.1 Å². The number of anilines is 2. The molecule has 0 aliphatic heterocycles. The van der Waals surface area contributed by atoms with E-state index in [2.05, 4.69) is 20.0 Å². The van der Waals surface area contributed by atoms with E-state index in [9.17, 15) is 33.9 Å². The number of carboxylic acids is 3. The molecule has 20 nitrogen and oxygen atoms in total. The Bertz CT molecular complexity index is 4110. The fourth-order valence-electron chi connectivity index (χ4n) is 6.82. The van der Waals surface area contributed by atoms with Gasteiger partial charge in [-0.3, -0.25) is 9.59 Å². The summed E-state index contributed by atoms with van der Waals surface area (Å²) >= 11 is 51.8. The zero-order valence-corrected chi connectivity index (χ0v) is 50.9. The summed E-state index contributed by atoms with van der Waals surface area (Å²) in [4.78, 5) is 74.8. The van der Waals surface area contributed by atoms with Gasteiger partial charge in [-0.15, -0.1) is 0 Å². The van der Waals surface area contributed by atoms with E-state index in [1.807, 2.05) is 0 Å². The molecule has 30 heteroatoms. The third kappa shape index (κ3) is 21.3. The van der Waals surface area contributed by atoms with Crippen molar-refractivity contribution in [1.82, 2.24) is 9.97 Å². The number of benzene rings is 8. The first-order valence-electron chi connectivity index (χ1n) is 23.0. The van der Waals surface area contributed by atoms with Crippen molar-refractivity contribution in [2.75, 3.05) is 18.2 Å². The van der Waals surface area contributed by atoms with Gasteiger partial charge < -0.3 is 61.1 Å². The Kier molecular flexibility index (Phi) is 28.2. The number of amides is 1. The van der Waals surface area contributed by atoms with Crippen LogP contribution in [0.4, 0.5) is 11.4 Å². The Hall–Kier alpha value is -7.75. The first kappa shape index (κ1) is 73.5. The number of aromatic hydroxyl groups is 2. The largest absolute Gasteiger partial charge is 1.00 e. The average molecular weight is 1360 g/mol. The number of hydrogen-bond acceptors (Lipinski definition) is 15. The number of aromatic nitrogens is 2. The number of nitrogens with one attached hydrogen (secondary N) is 1. The Labute approximate surface area is 548 Å². The Morgan fingerprint density at radius 2 is 0.816 bits per heavy atom. The molecule has 0 spiro atoms. The first-order chi connectivity index (χ1) is 39.7. The summed E-state index contributed by atoms with van der Waals surface area (Å²) in [7, 11) is 1.33. The number of carbonyl (C=O) groups is 6. The number of carbonyl (C=O) groups excluding carboxylic acids is 3. The second kappa shape index (κ2) is 33.4. The van der Waals surface area contributed by atoms with Crippen molar-refractivity contribution >= 4 is 173 Å². The molecule has 8 aromatic carbocycles. The van der Waals surface area contributed by atoms with E-state index in [0.717, 1.165) is 12.1 Å². The van der Waals surface area contributed by atoms with Crippen LogP contribution < -0.4 is 29.9 Å². The van der Waals surface area contributed by atoms with Gasteiger partial charge in [0, 0.05) is 62.4 Å². The van der Waals surface area contributed by atoms with Gasteiger partial charge in [-0.2, -0.15) is 0 Å². The smallest absolute Gasteiger partial charge is 0.870 e. The summed E-state index contributed by atoms with van der Waals surface area (Å²) in [5.74, 6) is -4.07. The van der Waals surface area contributed by atoms with Gasteiger partial charge in [0.15, 0.2) is 11.2 Å². The molecule has 2 aromatic heterocycles. The van der Waals surface area contributed by atoms with E-state index in [0.29, 0.717) is 96.4 Å². The Morgan fingerprint density at radius 1 is 0.471 bits per heavy atom. The zero-order valence-electron chi connectivity index (χ0n) is 44.1. The van der Waals surface area contributed by atoms with Crippen LogP contribution in [0.2, 0.25) is 40.2 Å². The van der Waals surface area contributed by atoms with Crippen molar-refractivity contribution in [3.63, 3.8) is 0 Å². The molecular weight excluding hydrogens is 1320 g/mol. The minimum atomic E-state index is -1.18. The van der Waals surface area contributed by atoms with E-state index in [4.69, 9.17) is 139 Å². The second-order valence-corrected chi connectivity index (χ2v) is 20.5. The van der Waals surface area contributed by atoms with Gasteiger partial charge in [0.1, 0.15) is 22.5 Å². The van der Waals surface area contributed by atoms with E-state index < -0.39 is 35.0 Å². The number of nitrogens with zero attached hydrogens (tertiary/aromatic N) is 2. The van der Waals surface area contributed by atoms with Crippen molar-refractivity contribution in [3.8, 4) is 34.4 Å². The number of carboxylic acid groups (broad SMARTS) is 3. The fourth-order valence-corrected chi connectivity index (χ4v) is 9.04. The number of aromatic carboxylic acids is 3. The van der Waals surface area contributed by atoms with Crippen molar-refractivity contribution in [3.05, 3.63) is 219 Å². The first-order valence-corrected chi connectivity index (χ1v) is 26.4. The predicted molar refractivity (Wildman–Crippen MR) is 328 cm³/mol. The van der Waals surface area contributed by atoms with Gasteiger partial charge in [-0.1, -0.05) is 92.8 Å². The second-order valence-electron chi connectivity index (χ2n) is 16.7. The molecule has 0 fully saturated rings. The monoisotopic (exact) mass is 1360 g/mol. The van der Waals surface area contributed by atoms with Gasteiger partial charge in [0.05, 0.1) is 40.7 Å². The molecule has 10 aromatic rings. The molecule has 0 radical (unpaired) electrons. The molecular formula is C57H38Cl9LiN4O16. The van der Waals surface area contributed by atoms with Crippen LogP contribution in [0.15, 0.2) is 154 Å². The van der Waals surface area contributed by atoms with Crippen LogP contribution in [-0.4, -0.2) is 88.6 Å². The number of nitrogen functional groups attached to an aromatic ring is 1.